The predicted octanol–water partition coefficient (Wildman–Crippen LogP) is 3.11. The summed E-state index contributed by atoms with van der Waals surface area (Å²) < 4.78 is 14.6. The Kier molecular flexibility index (Phi) is 4.36. The highest BCUT2D eigenvalue weighted by molar-refractivity contribution is 5.93. The molecule has 0 saturated heterocycles. The lowest BCUT2D eigenvalue weighted by Gasteiger charge is -2.16. The number of Topliss-reactive ketones (excluding diaryl/α,β-unsaturated/α-hetero) is 1. The van der Waals surface area contributed by atoms with Crippen molar-refractivity contribution < 1.29 is 9.18 Å². The zero-order chi connectivity index (χ0) is 15.6. The molecule has 0 radical (unpaired) electrons. The van der Waals surface area contributed by atoms with E-state index in [0.717, 1.165) is 16.8 Å². The molecule has 4 heteroatoms. The van der Waals surface area contributed by atoms with Gasteiger partial charge < -0.3 is 4.57 Å². The lowest BCUT2D eigenvalue weighted by atomic mass is 10.1. The SMILES string of the molecule is CCc1c(C)cc(C(C)=O)c(=O)n1Cc1ccc(F)cc1. The maximum atomic E-state index is 13.0. The summed E-state index contributed by atoms with van der Waals surface area (Å²) in [6, 6.07) is 7.69. The minimum absolute atomic E-state index is 0.201. The van der Waals surface area contributed by atoms with Gasteiger partial charge in [0.15, 0.2) is 5.78 Å². The van der Waals surface area contributed by atoms with Gasteiger partial charge in [-0.05, 0) is 49.6 Å². The molecule has 0 unspecified atom stereocenters. The molecule has 2 rings (SSSR count). The highest BCUT2D eigenvalue weighted by atomic mass is 19.1. The zero-order valence-corrected chi connectivity index (χ0v) is 12.4. The van der Waals surface area contributed by atoms with Gasteiger partial charge in [0.05, 0.1) is 12.1 Å². The van der Waals surface area contributed by atoms with Gasteiger partial charge in [-0.1, -0.05) is 19.1 Å². The largest absolute Gasteiger partial charge is 0.307 e. The van der Waals surface area contributed by atoms with Gasteiger partial charge in [0.1, 0.15) is 5.82 Å². The molecule has 3 nitrogen and oxygen atoms in total. The second-order valence-corrected chi connectivity index (χ2v) is 5.12. The third-order valence-electron chi connectivity index (χ3n) is 3.59. The number of carbonyl (C=O) groups is 1. The van der Waals surface area contributed by atoms with Crippen LogP contribution in [0.3, 0.4) is 0 Å². The fourth-order valence-electron chi connectivity index (χ4n) is 2.50. The minimum atomic E-state index is -0.310. The van der Waals surface area contributed by atoms with E-state index in [9.17, 15) is 14.0 Å². The number of aromatic nitrogens is 1. The predicted molar refractivity (Wildman–Crippen MR) is 80.3 cm³/mol. The molecule has 1 aromatic carbocycles. The molecule has 21 heavy (non-hydrogen) atoms. The normalized spacial score (nSPS) is 10.7. The van der Waals surface area contributed by atoms with E-state index >= 15 is 0 Å². The summed E-state index contributed by atoms with van der Waals surface area (Å²) in [4.78, 5) is 24.1. The number of halogens is 1. The zero-order valence-electron chi connectivity index (χ0n) is 12.4. The number of nitrogens with zero attached hydrogens (tertiary/aromatic N) is 1. The lowest BCUT2D eigenvalue weighted by molar-refractivity contribution is 0.101. The highest BCUT2D eigenvalue weighted by Gasteiger charge is 2.14. The van der Waals surface area contributed by atoms with Crippen molar-refractivity contribution in [2.75, 3.05) is 0 Å². The van der Waals surface area contributed by atoms with Crippen molar-refractivity contribution in [2.45, 2.75) is 33.7 Å². The standard InChI is InChI=1S/C17H18FNO2/c1-4-16-11(2)9-15(12(3)20)17(21)19(16)10-13-5-7-14(18)8-6-13/h5-9H,4,10H2,1-3H3. The smallest absolute Gasteiger partial charge is 0.261 e. The molecule has 110 valence electrons. The number of ketones is 1. The van der Waals surface area contributed by atoms with E-state index < -0.39 is 0 Å². The first kappa shape index (κ1) is 15.2. The molecule has 0 fully saturated rings. The van der Waals surface area contributed by atoms with E-state index in [1.54, 1.807) is 22.8 Å². The summed E-state index contributed by atoms with van der Waals surface area (Å²) in [7, 11) is 0. The van der Waals surface area contributed by atoms with Crippen molar-refractivity contribution in [1.82, 2.24) is 4.57 Å². The number of hydrogen-bond acceptors (Lipinski definition) is 2. The molecule has 2 aromatic rings. The number of aryl methyl sites for hydroxylation is 1. The van der Waals surface area contributed by atoms with Crippen LogP contribution in [0.25, 0.3) is 0 Å². The molecule has 0 spiro atoms. The van der Waals surface area contributed by atoms with Crippen LogP contribution in [-0.2, 0) is 13.0 Å². The van der Waals surface area contributed by atoms with Gasteiger partial charge in [0, 0.05) is 5.69 Å². The molecule has 0 N–H and O–H groups in total. The highest BCUT2D eigenvalue weighted by Crippen LogP contribution is 2.12. The molecule has 0 aliphatic carbocycles. The van der Waals surface area contributed by atoms with Crippen molar-refractivity contribution in [3.63, 3.8) is 0 Å². The first-order valence-corrected chi connectivity index (χ1v) is 6.92. The van der Waals surface area contributed by atoms with Crippen LogP contribution in [0, 0.1) is 12.7 Å². The third kappa shape index (κ3) is 3.10. The topological polar surface area (TPSA) is 39.1 Å². The molecular formula is C17H18FNO2. The van der Waals surface area contributed by atoms with Crippen LogP contribution >= 0.6 is 0 Å². The van der Waals surface area contributed by atoms with Gasteiger partial charge in [0.2, 0.25) is 0 Å². The summed E-state index contributed by atoms with van der Waals surface area (Å²) in [5.74, 6) is -0.547. The van der Waals surface area contributed by atoms with Crippen LogP contribution in [0.4, 0.5) is 4.39 Å². The van der Waals surface area contributed by atoms with Crippen LogP contribution in [-0.4, -0.2) is 10.4 Å². The number of carbonyl (C=O) groups excluding carboxylic acids is 1. The van der Waals surface area contributed by atoms with Crippen LogP contribution in [0.2, 0.25) is 0 Å². The van der Waals surface area contributed by atoms with Gasteiger partial charge in [0.25, 0.3) is 5.56 Å². The number of rotatable bonds is 4. The maximum Gasteiger partial charge on any atom is 0.261 e. The number of benzene rings is 1. The van der Waals surface area contributed by atoms with E-state index in [-0.39, 0.29) is 22.7 Å². The molecule has 0 aliphatic rings. The maximum absolute atomic E-state index is 13.0. The molecule has 1 heterocycles. The summed E-state index contributed by atoms with van der Waals surface area (Å²) in [5, 5.41) is 0. The molecule has 0 saturated carbocycles. The van der Waals surface area contributed by atoms with Crippen LogP contribution in [0.5, 0.6) is 0 Å². The molecule has 0 bridgehead atoms. The average Bonchev–Trinajstić information content (AvgIpc) is 2.44. The van der Waals surface area contributed by atoms with Gasteiger partial charge in [-0.3, -0.25) is 9.59 Å². The Hall–Kier alpha value is -2.23. The second kappa shape index (κ2) is 6.04. The molecular weight excluding hydrogens is 269 g/mol. The number of hydrogen-bond donors (Lipinski definition) is 0. The van der Waals surface area contributed by atoms with Crippen molar-refractivity contribution in [1.29, 1.82) is 0 Å². The van der Waals surface area contributed by atoms with Crippen molar-refractivity contribution in [3.8, 4) is 0 Å². The summed E-state index contributed by atoms with van der Waals surface area (Å²) in [6.07, 6.45) is 0.695. The Morgan fingerprint density at radius 2 is 1.86 bits per heavy atom. The Morgan fingerprint density at radius 1 is 1.24 bits per heavy atom. The van der Waals surface area contributed by atoms with Crippen molar-refractivity contribution in [2.24, 2.45) is 0 Å². The van der Waals surface area contributed by atoms with Crippen LogP contribution in [0.15, 0.2) is 35.1 Å². The quantitative estimate of drug-likeness (QED) is 0.810. The van der Waals surface area contributed by atoms with Crippen LogP contribution < -0.4 is 5.56 Å². The average molecular weight is 287 g/mol. The Bertz CT molecular complexity index is 730. The molecule has 1 aromatic heterocycles. The van der Waals surface area contributed by atoms with Crippen LogP contribution in [0.1, 0.15) is 41.0 Å². The van der Waals surface area contributed by atoms with Gasteiger partial charge in [-0.25, -0.2) is 4.39 Å². The Morgan fingerprint density at radius 3 is 2.38 bits per heavy atom. The first-order valence-electron chi connectivity index (χ1n) is 6.92. The Labute approximate surface area is 123 Å². The number of pyridine rings is 1. The van der Waals surface area contributed by atoms with E-state index in [0.29, 0.717) is 13.0 Å². The second-order valence-electron chi connectivity index (χ2n) is 5.12. The minimum Gasteiger partial charge on any atom is -0.307 e. The summed E-state index contributed by atoms with van der Waals surface area (Å²) in [6.45, 7) is 5.59. The monoisotopic (exact) mass is 287 g/mol. The van der Waals surface area contributed by atoms with E-state index in [2.05, 4.69) is 0 Å². The van der Waals surface area contributed by atoms with Gasteiger partial charge in [-0.2, -0.15) is 0 Å². The van der Waals surface area contributed by atoms with E-state index in [1.807, 2.05) is 13.8 Å². The summed E-state index contributed by atoms with van der Waals surface area (Å²) >= 11 is 0. The Balaban J connectivity index is 2.57. The lowest BCUT2D eigenvalue weighted by Crippen LogP contribution is -2.29. The third-order valence-corrected chi connectivity index (χ3v) is 3.59. The fourth-order valence-corrected chi connectivity index (χ4v) is 2.50. The first-order chi connectivity index (χ1) is 9.93. The van der Waals surface area contributed by atoms with Gasteiger partial charge in [-0.15, -0.1) is 0 Å². The fraction of sp³-hybridized carbons (Fsp3) is 0.294. The van der Waals surface area contributed by atoms with Gasteiger partial charge >= 0.3 is 0 Å². The molecule has 0 aliphatic heterocycles. The summed E-state index contributed by atoms with van der Waals surface area (Å²) in [5.41, 5.74) is 2.56. The molecule has 0 amide bonds. The van der Waals surface area contributed by atoms with E-state index in [4.69, 9.17) is 0 Å². The van der Waals surface area contributed by atoms with Crippen molar-refractivity contribution >= 4 is 5.78 Å². The van der Waals surface area contributed by atoms with Crippen molar-refractivity contribution in [3.05, 3.63) is 68.9 Å². The molecule has 0 atom stereocenters. The van der Waals surface area contributed by atoms with E-state index in [1.165, 1.54) is 19.1 Å².